The van der Waals surface area contributed by atoms with Gasteiger partial charge in [-0.1, -0.05) is 24.4 Å². The van der Waals surface area contributed by atoms with E-state index in [-0.39, 0.29) is 10.6 Å². The zero-order valence-corrected chi connectivity index (χ0v) is 12.1. The first-order valence-corrected chi connectivity index (χ1v) is 7.26. The number of ether oxygens (including phenoxy) is 2. The van der Waals surface area contributed by atoms with Gasteiger partial charge in [0.15, 0.2) is 17.8 Å². The number of aliphatic imine (C=N–C) groups is 1. The Morgan fingerprint density at radius 2 is 1.90 bits per heavy atom. The van der Waals surface area contributed by atoms with E-state index >= 15 is 0 Å². The number of carbonyl (C=O) groups is 1. The lowest BCUT2D eigenvalue weighted by molar-refractivity contribution is 0.111. The minimum atomic E-state index is -0.669. The van der Waals surface area contributed by atoms with Gasteiger partial charge in [-0.05, 0) is 18.9 Å². The zero-order valence-electron chi connectivity index (χ0n) is 11.4. The average Bonchev–Trinajstić information content (AvgIpc) is 2.96. The fourth-order valence-electron chi connectivity index (χ4n) is 3.14. The zero-order chi connectivity index (χ0) is 14.9. The molecule has 0 amide bonds. The van der Waals surface area contributed by atoms with E-state index in [1.54, 1.807) is 12.1 Å². The second kappa shape index (κ2) is 5.51. The molecular formula is C15H14ClNO4. The monoisotopic (exact) mass is 307 g/mol. The van der Waals surface area contributed by atoms with E-state index in [2.05, 4.69) is 4.99 Å². The Morgan fingerprint density at radius 1 is 1.24 bits per heavy atom. The summed E-state index contributed by atoms with van der Waals surface area (Å²) < 4.78 is 11.3. The molecule has 1 aliphatic heterocycles. The summed E-state index contributed by atoms with van der Waals surface area (Å²) in [5.41, 5.74) is 0.324. The van der Waals surface area contributed by atoms with Gasteiger partial charge in [-0.2, -0.15) is 4.99 Å². The molecule has 0 radical (unpaired) electrons. The van der Waals surface area contributed by atoms with Crippen molar-refractivity contribution in [1.82, 2.24) is 0 Å². The highest BCUT2D eigenvalue weighted by Crippen LogP contribution is 2.51. The van der Waals surface area contributed by atoms with Crippen molar-refractivity contribution in [2.45, 2.75) is 31.2 Å². The minimum absolute atomic E-state index is 0.276. The Hall–Kier alpha value is -1.84. The molecule has 0 unspecified atom stereocenters. The van der Waals surface area contributed by atoms with Gasteiger partial charge in [0.1, 0.15) is 18.8 Å². The molecule has 2 aliphatic rings. The topological polar surface area (TPSA) is 65.0 Å². The van der Waals surface area contributed by atoms with Gasteiger partial charge in [0.05, 0.1) is 10.6 Å². The van der Waals surface area contributed by atoms with Crippen LogP contribution in [0.4, 0.5) is 0 Å². The molecule has 0 bridgehead atoms. The smallest absolute Gasteiger partial charge is 0.235 e. The molecule has 0 N–H and O–H groups in total. The lowest BCUT2D eigenvalue weighted by Gasteiger charge is -2.30. The Morgan fingerprint density at radius 3 is 2.52 bits per heavy atom. The summed E-state index contributed by atoms with van der Waals surface area (Å²) in [5, 5.41) is 0.289. The lowest BCUT2D eigenvalue weighted by Crippen LogP contribution is -2.25. The van der Waals surface area contributed by atoms with Crippen molar-refractivity contribution in [3.8, 4) is 11.5 Å². The van der Waals surface area contributed by atoms with Gasteiger partial charge in [0, 0.05) is 5.56 Å². The van der Waals surface area contributed by atoms with Crippen LogP contribution in [0.2, 0.25) is 5.02 Å². The highest BCUT2D eigenvalue weighted by Gasteiger charge is 2.41. The third-order valence-electron chi connectivity index (χ3n) is 4.11. The van der Waals surface area contributed by atoms with E-state index in [1.807, 2.05) is 0 Å². The predicted molar refractivity (Wildman–Crippen MR) is 76.1 cm³/mol. The van der Waals surface area contributed by atoms with Crippen LogP contribution < -0.4 is 9.47 Å². The third kappa shape index (κ3) is 2.23. The molecule has 1 aromatic rings. The summed E-state index contributed by atoms with van der Waals surface area (Å²) in [6.07, 6.45) is 5.72. The van der Waals surface area contributed by atoms with Crippen LogP contribution >= 0.6 is 11.6 Å². The van der Waals surface area contributed by atoms with Crippen molar-refractivity contribution in [2.75, 3.05) is 13.2 Å². The largest absolute Gasteiger partial charge is 0.486 e. The molecule has 1 heterocycles. The molecule has 3 rings (SSSR count). The highest BCUT2D eigenvalue weighted by atomic mass is 35.5. The van der Waals surface area contributed by atoms with Crippen molar-refractivity contribution in [3.05, 3.63) is 22.2 Å². The summed E-state index contributed by atoms with van der Waals surface area (Å²) >= 11 is 6.20. The predicted octanol–water partition coefficient (Wildman–Crippen LogP) is 3.03. The van der Waals surface area contributed by atoms with Crippen LogP contribution in [0.15, 0.2) is 11.1 Å². The van der Waals surface area contributed by atoms with Gasteiger partial charge in [-0.3, -0.25) is 4.79 Å². The summed E-state index contributed by atoms with van der Waals surface area (Å²) in [6.45, 7) is 0.748. The second-order valence-electron chi connectivity index (χ2n) is 5.23. The Kier molecular flexibility index (Phi) is 3.70. The summed E-state index contributed by atoms with van der Waals surface area (Å²) in [6, 6.07) is 1.67. The molecule has 1 aliphatic carbocycles. The first-order valence-electron chi connectivity index (χ1n) is 6.88. The minimum Gasteiger partial charge on any atom is -0.486 e. The molecule has 5 nitrogen and oxygen atoms in total. The first-order chi connectivity index (χ1) is 10.2. The molecular weight excluding hydrogens is 294 g/mol. The molecule has 0 spiro atoms. The first kappa shape index (κ1) is 14.1. The molecule has 110 valence electrons. The van der Waals surface area contributed by atoms with E-state index in [0.29, 0.717) is 36.6 Å². The maximum Gasteiger partial charge on any atom is 0.235 e. The summed E-state index contributed by atoms with van der Waals surface area (Å²) in [7, 11) is 0. The normalized spacial score (nSPS) is 18.9. The molecule has 1 aromatic carbocycles. The maximum absolute atomic E-state index is 11.2. The maximum atomic E-state index is 11.2. The number of halogens is 1. The molecule has 1 saturated carbocycles. The van der Waals surface area contributed by atoms with Crippen LogP contribution in [0.5, 0.6) is 11.5 Å². The number of aldehydes is 1. The van der Waals surface area contributed by atoms with Crippen LogP contribution in [0.25, 0.3) is 0 Å². The number of benzene rings is 1. The number of fused-ring (bicyclic) bond motifs is 1. The second-order valence-corrected chi connectivity index (χ2v) is 5.64. The van der Waals surface area contributed by atoms with Crippen molar-refractivity contribution in [2.24, 2.45) is 4.99 Å². The van der Waals surface area contributed by atoms with Gasteiger partial charge < -0.3 is 9.47 Å². The van der Waals surface area contributed by atoms with Gasteiger partial charge in [-0.15, -0.1) is 0 Å². The van der Waals surface area contributed by atoms with Crippen molar-refractivity contribution < 1.29 is 19.1 Å². The number of hydrogen-bond acceptors (Lipinski definition) is 5. The number of carbonyl (C=O) groups excluding carboxylic acids is 2. The number of rotatable bonds is 3. The Balaban J connectivity index is 2.25. The third-order valence-corrected chi connectivity index (χ3v) is 4.42. The molecule has 0 atom stereocenters. The van der Waals surface area contributed by atoms with Gasteiger partial charge in [-0.25, -0.2) is 4.79 Å². The number of isocyanates is 1. The van der Waals surface area contributed by atoms with Crippen molar-refractivity contribution >= 4 is 24.0 Å². The van der Waals surface area contributed by atoms with Crippen molar-refractivity contribution in [1.29, 1.82) is 0 Å². The van der Waals surface area contributed by atoms with E-state index < -0.39 is 5.54 Å². The molecule has 0 saturated heterocycles. The number of hydrogen-bond donors (Lipinski definition) is 0. The van der Waals surface area contributed by atoms with E-state index in [0.717, 1.165) is 25.7 Å². The van der Waals surface area contributed by atoms with Crippen LogP contribution in [0.3, 0.4) is 0 Å². The number of nitrogens with zero attached hydrogens (tertiary/aromatic N) is 1. The fourth-order valence-corrected chi connectivity index (χ4v) is 3.38. The average molecular weight is 308 g/mol. The molecule has 6 heteroatoms. The van der Waals surface area contributed by atoms with Crippen LogP contribution in [0, 0.1) is 0 Å². The standard InChI is InChI=1S/C15H14ClNO4/c16-12-7-11(15(17-9-19)3-1-2-4-15)14-13(10(12)8-18)20-5-6-21-14/h7-8H,1-6H2. The van der Waals surface area contributed by atoms with Crippen LogP contribution in [-0.2, 0) is 10.3 Å². The van der Waals surface area contributed by atoms with Crippen LogP contribution in [0.1, 0.15) is 41.6 Å². The van der Waals surface area contributed by atoms with Crippen LogP contribution in [-0.4, -0.2) is 25.6 Å². The summed E-state index contributed by atoms with van der Waals surface area (Å²) in [5.74, 6) is 0.833. The lowest BCUT2D eigenvalue weighted by atomic mass is 9.87. The Labute approximate surface area is 126 Å². The van der Waals surface area contributed by atoms with Gasteiger partial charge in [0.2, 0.25) is 6.08 Å². The van der Waals surface area contributed by atoms with E-state index in [4.69, 9.17) is 21.1 Å². The fraction of sp³-hybridized carbons (Fsp3) is 0.467. The summed E-state index contributed by atoms with van der Waals surface area (Å²) in [4.78, 5) is 26.1. The molecule has 1 fully saturated rings. The Bertz CT molecular complexity index is 631. The van der Waals surface area contributed by atoms with Gasteiger partial charge in [0.25, 0.3) is 0 Å². The van der Waals surface area contributed by atoms with Gasteiger partial charge >= 0.3 is 0 Å². The SMILES string of the molecule is O=C=NC1(c2cc(Cl)c(C=O)c3c2OCCO3)CCCC1. The van der Waals surface area contributed by atoms with E-state index in [9.17, 15) is 9.59 Å². The quantitative estimate of drug-likeness (QED) is 0.489. The molecule has 0 aromatic heterocycles. The highest BCUT2D eigenvalue weighted by molar-refractivity contribution is 6.33. The molecule has 21 heavy (non-hydrogen) atoms. The van der Waals surface area contributed by atoms with E-state index in [1.165, 1.54) is 0 Å². The van der Waals surface area contributed by atoms with Crippen molar-refractivity contribution in [3.63, 3.8) is 0 Å².